The number of likely N-dealkylation sites (tertiary alicyclic amines) is 1. The molecule has 0 radical (unpaired) electrons. The highest BCUT2D eigenvalue weighted by Crippen LogP contribution is 2.20. The van der Waals surface area contributed by atoms with Crippen molar-refractivity contribution in [1.82, 2.24) is 4.90 Å². The fourth-order valence-electron chi connectivity index (χ4n) is 3.50. The molecule has 0 aromatic heterocycles. The van der Waals surface area contributed by atoms with Crippen LogP contribution < -0.4 is 9.47 Å². The van der Waals surface area contributed by atoms with Crippen molar-refractivity contribution in [2.24, 2.45) is 5.92 Å². The molecule has 156 valence electrons. The van der Waals surface area contributed by atoms with Crippen molar-refractivity contribution in [3.05, 3.63) is 60.2 Å². The van der Waals surface area contributed by atoms with Gasteiger partial charge in [-0.1, -0.05) is 30.3 Å². The summed E-state index contributed by atoms with van der Waals surface area (Å²) in [6.45, 7) is 6.48. The summed E-state index contributed by atoms with van der Waals surface area (Å²) in [7, 11) is 0. The molecule has 2 aromatic rings. The summed E-state index contributed by atoms with van der Waals surface area (Å²) in [6, 6.07) is 17.9. The molecular formula is C24H31NO4. The maximum atomic E-state index is 11.8. The lowest BCUT2D eigenvalue weighted by Gasteiger charge is -2.30. The van der Waals surface area contributed by atoms with Gasteiger partial charge in [0.1, 0.15) is 18.1 Å². The SMILES string of the molecule is CCOC(=O)C1CCN(CCCOc2ccc(OCc3ccccc3)cc2)CC1. The second-order valence-corrected chi connectivity index (χ2v) is 7.32. The molecule has 0 atom stereocenters. The largest absolute Gasteiger partial charge is 0.494 e. The van der Waals surface area contributed by atoms with Gasteiger partial charge in [-0.05, 0) is 69.1 Å². The summed E-state index contributed by atoms with van der Waals surface area (Å²) in [6.07, 6.45) is 2.75. The van der Waals surface area contributed by atoms with E-state index in [-0.39, 0.29) is 11.9 Å². The van der Waals surface area contributed by atoms with E-state index in [0.717, 1.165) is 56.0 Å². The maximum absolute atomic E-state index is 11.8. The number of piperidine rings is 1. The molecule has 0 saturated carbocycles. The van der Waals surface area contributed by atoms with Crippen molar-refractivity contribution >= 4 is 5.97 Å². The summed E-state index contributed by atoms with van der Waals surface area (Å²) in [5.74, 6) is 1.74. The van der Waals surface area contributed by atoms with Crippen LogP contribution in [0.1, 0.15) is 31.7 Å². The molecule has 0 N–H and O–H groups in total. The van der Waals surface area contributed by atoms with Crippen molar-refractivity contribution in [2.45, 2.75) is 32.8 Å². The number of esters is 1. The second kappa shape index (κ2) is 11.5. The zero-order valence-electron chi connectivity index (χ0n) is 17.2. The first kappa shape index (κ1) is 21.2. The lowest BCUT2D eigenvalue weighted by molar-refractivity contribution is -0.149. The van der Waals surface area contributed by atoms with Gasteiger partial charge >= 0.3 is 5.97 Å². The first-order valence-corrected chi connectivity index (χ1v) is 10.5. The van der Waals surface area contributed by atoms with Gasteiger partial charge in [0, 0.05) is 6.54 Å². The molecule has 1 aliphatic heterocycles. The van der Waals surface area contributed by atoms with Gasteiger partial charge in [-0.15, -0.1) is 0 Å². The van der Waals surface area contributed by atoms with E-state index in [1.54, 1.807) is 0 Å². The molecule has 5 heteroatoms. The van der Waals surface area contributed by atoms with Crippen LogP contribution >= 0.6 is 0 Å². The number of hydrogen-bond donors (Lipinski definition) is 0. The summed E-state index contributed by atoms with van der Waals surface area (Å²) in [5, 5.41) is 0. The molecule has 1 fully saturated rings. The fourth-order valence-corrected chi connectivity index (χ4v) is 3.50. The lowest BCUT2D eigenvalue weighted by atomic mass is 9.97. The Kier molecular flexibility index (Phi) is 8.38. The van der Waals surface area contributed by atoms with Gasteiger partial charge < -0.3 is 19.1 Å². The van der Waals surface area contributed by atoms with Crippen LogP contribution in [0.2, 0.25) is 0 Å². The van der Waals surface area contributed by atoms with E-state index in [4.69, 9.17) is 14.2 Å². The van der Waals surface area contributed by atoms with Gasteiger partial charge in [0.05, 0.1) is 19.1 Å². The van der Waals surface area contributed by atoms with Gasteiger partial charge in [0.25, 0.3) is 0 Å². The number of rotatable bonds is 10. The summed E-state index contributed by atoms with van der Waals surface area (Å²) >= 11 is 0. The Bertz CT molecular complexity index is 724. The molecule has 1 saturated heterocycles. The van der Waals surface area contributed by atoms with Crippen LogP contribution in [0.15, 0.2) is 54.6 Å². The Hall–Kier alpha value is -2.53. The highest BCUT2D eigenvalue weighted by Gasteiger charge is 2.25. The standard InChI is InChI=1S/C24H31NO4/c1-2-27-24(26)21-13-16-25(17-14-21)15-6-18-28-22-9-11-23(12-10-22)29-19-20-7-4-3-5-8-20/h3-5,7-12,21H,2,6,13-19H2,1H3. The van der Waals surface area contributed by atoms with Gasteiger partial charge in [-0.2, -0.15) is 0 Å². The molecule has 0 spiro atoms. The molecule has 0 amide bonds. The number of carbonyl (C=O) groups is 1. The second-order valence-electron chi connectivity index (χ2n) is 7.32. The van der Waals surface area contributed by atoms with E-state index in [1.807, 2.05) is 49.4 Å². The minimum atomic E-state index is -0.0355. The van der Waals surface area contributed by atoms with Crippen LogP contribution in [0, 0.1) is 5.92 Å². The highest BCUT2D eigenvalue weighted by molar-refractivity contribution is 5.72. The topological polar surface area (TPSA) is 48.0 Å². The first-order chi connectivity index (χ1) is 14.2. The van der Waals surface area contributed by atoms with Crippen molar-refractivity contribution in [3.63, 3.8) is 0 Å². The fraction of sp³-hybridized carbons (Fsp3) is 0.458. The number of benzene rings is 2. The normalized spacial score (nSPS) is 15.1. The molecule has 3 rings (SSSR count). The van der Waals surface area contributed by atoms with Crippen LogP contribution in [0.3, 0.4) is 0 Å². The van der Waals surface area contributed by atoms with E-state index in [1.165, 1.54) is 0 Å². The monoisotopic (exact) mass is 397 g/mol. The van der Waals surface area contributed by atoms with Crippen molar-refractivity contribution < 1.29 is 19.0 Å². The van der Waals surface area contributed by atoms with Crippen LogP contribution in [-0.4, -0.2) is 43.7 Å². The summed E-state index contributed by atoms with van der Waals surface area (Å²) in [4.78, 5) is 14.2. The van der Waals surface area contributed by atoms with E-state index < -0.39 is 0 Å². The van der Waals surface area contributed by atoms with Gasteiger partial charge in [0.15, 0.2) is 0 Å². The summed E-state index contributed by atoms with van der Waals surface area (Å²) < 4.78 is 16.8. The molecule has 0 bridgehead atoms. The molecule has 29 heavy (non-hydrogen) atoms. The lowest BCUT2D eigenvalue weighted by Crippen LogP contribution is -2.37. The van der Waals surface area contributed by atoms with Gasteiger partial charge in [-0.25, -0.2) is 0 Å². The molecule has 0 unspecified atom stereocenters. The average molecular weight is 398 g/mol. The third-order valence-electron chi connectivity index (χ3n) is 5.17. The number of nitrogens with zero attached hydrogens (tertiary/aromatic N) is 1. The van der Waals surface area contributed by atoms with Crippen molar-refractivity contribution in [1.29, 1.82) is 0 Å². The zero-order valence-corrected chi connectivity index (χ0v) is 17.2. The number of ether oxygens (including phenoxy) is 3. The molecule has 1 heterocycles. The molecule has 2 aromatic carbocycles. The van der Waals surface area contributed by atoms with Crippen LogP contribution in [-0.2, 0) is 16.1 Å². The predicted octanol–water partition coefficient (Wildman–Crippen LogP) is 4.31. The Morgan fingerprint density at radius 3 is 2.28 bits per heavy atom. The Balaban J connectivity index is 1.29. The first-order valence-electron chi connectivity index (χ1n) is 10.5. The Morgan fingerprint density at radius 1 is 0.966 bits per heavy atom. The number of carbonyl (C=O) groups excluding carboxylic acids is 1. The van der Waals surface area contributed by atoms with E-state index in [0.29, 0.717) is 19.8 Å². The average Bonchev–Trinajstić information content (AvgIpc) is 2.77. The van der Waals surface area contributed by atoms with E-state index >= 15 is 0 Å². The third-order valence-corrected chi connectivity index (χ3v) is 5.17. The van der Waals surface area contributed by atoms with Crippen LogP contribution in [0.5, 0.6) is 11.5 Å². The smallest absolute Gasteiger partial charge is 0.309 e. The number of hydrogen-bond acceptors (Lipinski definition) is 5. The zero-order chi connectivity index (χ0) is 20.3. The quantitative estimate of drug-likeness (QED) is 0.442. The van der Waals surface area contributed by atoms with Crippen molar-refractivity contribution in [2.75, 3.05) is 32.8 Å². The van der Waals surface area contributed by atoms with Gasteiger partial charge in [0.2, 0.25) is 0 Å². The summed E-state index contributed by atoms with van der Waals surface area (Å²) in [5.41, 5.74) is 1.15. The Morgan fingerprint density at radius 2 is 1.62 bits per heavy atom. The van der Waals surface area contributed by atoms with Crippen LogP contribution in [0.4, 0.5) is 0 Å². The van der Waals surface area contributed by atoms with Crippen molar-refractivity contribution in [3.8, 4) is 11.5 Å². The van der Waals surface area contributed by atoms with E-state index in [9.17, 15) is 4.79 Å². The third kappa shape index (κ3) is 7.09. The molecule has 0 aliphatic carbocycles. The minimum absolute atomic E-state index is 0.0355. The van der Waals surface area contributed by atoms with Crippen LogP contribution in [0.25, 0.3) is 0 Å². The molecular weight excluding hydrogens is 366 g/mol. The molecule has 1 aliphatic rings. The predicted molar refractivity (Wildman–Crippen MR) is 113 cm³/mol. The molecule has 5 nitrogen and oxygen atoms in total. The van der Waals surface area contributed by atoms with Gasteiger partial charge in [-0.3, -0.25) is 4.79 Å². The van der Waals surface area contributed by atoms with E-state index in [2.05, 4.69) is 17.0 Å². The highest BCUT2D eigenvalue weighted by atomic mass is 16.5. The maximum Gasteiger partial charge on any atom is 0.309 e. The Labute approximate surface area is 173 Å². The minimum Gasteiger partial charge on any atom is -0.494 e.